The first-order chi connectivity index (χ1) is 9.33. The number of hydrogen-bond acceptors (Lipinski definition) is 2. The fraction of sp³-hybridized carbons (Fsp3) is 0.562. The minimum atomic E-state index is 0.151. The fourth-order valence-corrected chi connectivity index (χ4v) is 2.00. The van der Waals surface area contributed by atoms with E-state index in [9.17, 15) is 4.79 Å². The van der Waals surface area contributed by atoms with Crippen LogP contribution in [0.25, 0.3) is 0 Å². The molecule has 0 bridgehead atoms. The van der Waals surface area contributed by atoms with Crippen molar-refractivity contribution in [3.8, 4) is 0 Å². The molecule has 1 amide bonds. The SMILES string of the molecule is O=C(CCCc1ccccc1)NCCCCCCO. The van der Waals surface area contributed by atoms with Crippen LogP contribution in [0.2, 0.25) is 0 Å². The van der Waals surface area contributed by atoms with Crippen LogP contribution in [-0.2, 0) is 11.2 Å². The highest BCUT2D eigenvalue weighted by atomic mass is 16.2. The lowest BCUT2D eigenvalue weighted by Crippen LogP contribution is -2.24. The van der Waals surface area contributed by atoms with Crippen molar-refractivity contribution in [1.29, 1.82) is 0 Å². The Labute approximate surface area is 116 Å². The van der Waals surface area contributed by atoms with E-state index in [0.29, 0.717) is 6.42 Å². The first-order valence-electron chi connectivity index (χ1n) is 7.24. The summed E-state index contributed by atoms with van der Waals surface area (Å²) >= 11 is 0. The molecule has 0 aliphatic carbocycles. The number of nitrogens with one attached hydrogen (secondary N) is 1. The molecule has 19 heavy (non-hydrogen) atoms. The quantitative estimate of drug-likeness (QED) is 0.638. The lowest BCUT2D eigenvalue weighted by Gasteiger charge is -2.05. The Bertz CT molecular complexity index is 338. The maximum atomic E-state index is 11.6. The normalized spacial score (nSPS) is 10.4. The van der Waals surface area contributed by atoms with Gasteiger partial charge in [-0.3, -0.25) is 4.79 Å². The van der Waals surface area contributed by atoms with E-state index >= 15 is 0 Å². The molecule has 0 saturated heterocycles. The highest BCUT2D eigenvalue weighted by Crippen LogP contribution is 2.04. The summed E-state index contributed by atoms with van der Waals surface area (Å²) in [7, 11) is 0. The summed E-state index contributed by atoms with van der Waals surface area (Å²) in [4.78, 5) is 11.6. The van der Waals surface area contributed by atoms with E-state index in [2.05, 4.69) is 17.4 Å². The highest BCUT2D eigenvalue weighted by molar-refractivity contribution is 5.75. The number of rotatable bonds is 10. The Balaban J connectivity index is 1.96. The van der Waals surface area contributed by atoms with Gasteiger partial charge in [0, 0.05) is 19.6 Å². The number of amides is 1. The smallest absolute Gasteiger partial charge is 0.220 e. The first kappa shape index (κ1) is 15.7. The lowest BCUT2D eigenvalue weighted by molar-refractivity contribution is -0.121. The summed E-state index contributed by atoms with van der Waals surface area (Å²) in [6.07, 6.45) is 6.46. The molecule has 0 saturated carbocycles. The van der Waals surface area contributed by atoms with E-state index in [4.69, 9.17) is 5.11 Å². The number of unbranched alkanes of at least 4 members (excludes halogenated alkanes) is 3. The largest absolute Gasteiger partial charge is 0.396 e. The molecule has 3 nitrogen and oxygen atoms in total. The van der Waals surface area contributed by atoms with Gasteiger partial charge in [-0.15, -0.1) is 0 Å². The molecular formula is C16H25NO2. The van der Waals surface area contributed by atoms with Crippen LogP contribution in [0.15, 0.2) is 30.3 Å². The second kappa shape index (κ2) is 10.6. The van der Waals surface area contributed by atoms with Crippen molar-refractivity contribution in [3.05, 3.63) is 35.9 Å². The third kappa shape index (κ3) is 8.38. The van der Waals surface area contributed by atoms with E-state index < -0.39 is 0 Å². The van der Waals surface area contributed by atoms with Crippen molar-refractivity contribution >= 4 is 5.91 Å². The molecule has 0 radical (unpaired) electrons. The molecule has 106 valence electrons. The van der Waals surface area contributed by atoms with E-state index in [-0.39, 0.29) is 12.5 Å². The van der Waals surface area contributed by atoms with Crippen LogP contribution in [0.1, 0.15) is 44.1 Å². The van der Waals surface area contributed by atoms with Crippen LogP contribution >= 0.6 is 0 Å². The molecule has 0 aliphatic rings. The summed E-state index contributed by atoms with van der Waals surface area (Å²) in [5, 5.41) is 11.6. The van der Waals surface area contributed by atoms with Gasteiger partial charge in [0.2, 0.25) is 5.91 Å². The van der Waals surface area contributed by atoms with E-state index in [0.717, 1.165) is 45.1 Å². The van der Waals surface area contributed by atoms with Gasteiger partial charge in [0.05, 0.1) is 0 Å². The van der Waals surface area contributed by atoms with E-state index in [1.807, 2.05) is 18.2 Å². The van der Waals surface area contributed by atoms with Gasteiger partial charge in [-0.25, -0.2) is 0 Å². The monoisotopic (exact) mass is 263 g/mol. The molecule has 0 fully saturated rings. The van der Waals surface area contributed by atoms with Gasteiger partial charge in [0.25, 0.3) is 0 Å². The summed E-state index contributed by atoms with van der Waals surface area (Å²) in [6.45, 7) is 1.03. The van der Waals surface area contributed by atoms with Gasteiger partial charge >= 0.3 is 0 Å². The predicted octanol–water partition coefficient (Wildman–Crippen LogP) is 2.68. The zero-order valence-corrected chi connectivity index (χ0v) is 11.6. The number of hydrogen-bond donors (Lipinski definition) is 2. The topological polar surface area (TPSA) is 49.3 Å². The molecule has 1 aromatic carbocycles. The molecule has 1 aromatic rings. The summed E-state index contributed by atoms with van der Waals surface area (Å²) < 4.78 is 0. The Morgan fingerprint density at radius 2 is 1.74 bits per heavy atom. The van der Waals surface area contributed by atoms with Gasteiger partial charge in [0.15, 0.2) is 0 Å². The predicted molar refractivity (Wildman–Crippen MR) is 77.9 cm³/mol. The molecule has 0 atom stereocenters. The zero-order chi connectivity index (χ0) is 13.8. The zero-order valence-electron chi connectivity index (χ0n) is 11.6. The number of carbonyl (C=O) groups is 1. The van der Waals surface area contributed by atoms with Gasteiger partial charge in [0.1, 0.15) is 0 Å². The molecule has 1 rings (SSSR count). The summed E-state index contributed by atoms with van der Waals surface area (Å²) in [5.74, 6) is 0.151. The second-order valence-corrected chi connectivity index (χ2v) is 4.83. The fourth-order valence-electron chi connectivity index (χ4n) is 2.00. The third-order valence-corrected chi connectivity index (χ3v) is 3.12. The first-order valence-corrected chi connectivity index (χ1v) is 7.24. The molecule has 0 heterocycles. The van der Waals surface area contributed by atoms with Gasteiger partial charge < -0.3 is 10.4 Å². The van der Waals surface area contributed by atoms with Crippen LogP contribution in [-0.4, -0.2) is 24.2 Å². The van der Waals surface area contributed by atoms with Crippen molar-refractivity contribution in [2.45, 2.75) is 44.9 Å². The van der Waals surface area contributed by atoms with Crippen LogP contribution in [0.4, 0.5) is 0 Å². The van der Waals surface area contributed by atoms with Gasteiger partial charge in [-0.1, -0.05) is 43.2 Å². The maximum absolute atomic E-state index is 11.6. The Morgan fingerprint density at radius 1 is 1.00 bits per heavy atom. The molecule has 0 aromatic heterocycles. The van der Waals surface area contributed by atoms with Crippen molar-refractivity contribution < 1.29 is 9.90 Å². The molecule has 0 aliphatic heterocycles. The maximum Gasteiger partial charge on any atom is 0.220 e. The molecule has 0 unspecified atom stereocenters. The average Bonchev–Trinajstić information content (AvgIpc) is 2.44. The standard InChI is InChI=1S/C16H25NO2/c18-14-7-2-1-6-13-17-16(19)12-8-11-15-9-4-3-5-10-15/h3-5,9-10,18H,1-2,6-8,11-14H2,(H,17,19). The minimum absolute atomic E-state index is 0.151. The summed E-state index contributed by atoms with van der Waals surface area (Å²) in [5.41, 5.74) is 1.29. The molecular weight excluding hydrogens is 238 g/mol. The van der Waals surface area contributed by atoms with Crippen LogP contribution in [0.5, 0.6) is 0 Å². The molecule has 2 N–H and O–H groups in total. The Kier molecular flexibility index (Phi) is 8.73. The Morgan fingerprint density at radius 3 is 2.47 bits per heavy atom. The lowest BCUT2D eigenvalue weighted by atomic mass is 10.1. The number of aryl methyl sites for hydroxylation is 1. The van der Waals surface area contributed by atoms with Crippen molar-refractivity contribution in [3.63, 3.8) is 0 Å². The number of aliphatic hydroxyl groups is 1. The molecule has 0 spiro atoms. The van der Waals surface area contributed by atoms with Crippen LogP contribution < -0.4 is 5.32 Å². The number of benzene rings is 1. The second-order valence-electron chi connectivity index (χ2n) is 4.83. The van der Waals surface area contributed by atoms with E-state index in [1.54, 1.807) is 0 Å². The van der Waals surface area contributed by atoms with Crippen molar-refractivity contribution in [2.24, 2.45) is 0 Å². The van der Waals surface area contributed by atoms with Crippen LogP contribution in [0, 0.1) is 0 Å². The molecule has 3 heteroatoms. The minimum Gasteiger partial charge on any atom is -0.396 e. The third-order valence-electron chi connectivity index (χ3n) is 3.12. The van der Waals surface area contributed by atoms with Crippen molar-refractivity contribution in [1.82, 2.24) is 5.32 Å². The van der Waals surface area contributed by atoms with Crippen LogP contribution in [0.3, 0.4) is 0 Å². The van der Waals surface area contributed by atoms with Gasteiger partial charge in [-0.05, 0) is 31.2 Å². The summed E-state index contributed by atoms with van der Waals surface area (Å²) in [6, 6.07) is 10.3. The average molecular weight is 263 g/mol. The number of carbonyl (C=O) groups excluding carboxylic acids is 1. The Hall–Kier alpha value is -1.35. The number of aliphatic hydroxyl groups excluding tert-OH is 1. The van der Waals surface area contributed by atoms with Crippen molar-refractivity contribution in [2.75, 3.05) is 13.2 Å². The van der Waals surface area contributed by atoms with E-state index in [1.165, 1.54) is 5.56 Å². The highest BCUT2D eigenvalue weighted by Gasteiger charge is 2.00. The van der Waals surface area contributed by atoms with Gasteiger partial charge in [-0.2, -0.15) is 0 Å².